The number of rotatable bonds is 28. The van der Waals surface area contributed by atoms with Gasteiger partial charge < -0.3 is 57.2 Å². The highest BCUT2D eigenvalue weighted by Crippen LogP contribution is 2.36. The van der Waals surface area contributed by atoms with E-state index in [1.165, 1.54) is 0 Å². The average molecular weight is 917 g/mol. The largest absolute Gasteiger partial charge is 0.481 e. The molecule has 364 valence electrons. The summed E-state index contributed by atoms with van der Waals surface area (Å²) in [7, 11) is 0. The number of carboxylic acid groups (broad SMARTS) is 1. The predicted octanol–water partition coefficient (Wildman–Crippen LogP) is 4.72. The van der Waals surface area contributed by atoms with Crippen LogP contribution in [0.2, 0.25) is 0 Å². The molecular weight excluding hydrogens is 848 g/mol. The van der Waals surface area contributed by atoms with Crippen molar-refractivity contribution in [1.82, 2.24) is 0 Å². The van der Waals surface area contributed by atoms with Crippen LogP contribution in [-0.4, -0.2) is 134 Å². The molecule has 2 fully saturated rings. The van der Waals surface area contributed by atoms with Gasteiger partial charge in [-0.1, -0.05) is 50.7 Å². The van der Waals surface area contributed by atoms with E-state index in [9.17, 15) is 38.4 Å². The SMILES string of the molecule is CC(=O)OC[C@H]1O[C@@H](O[C@H]2[C@H](OC(C)CCCCCC/C=C\CCCCCCCC(=O)O)O[C@H](COC(C)=O)[C@@H](OC(C)=O)[C@@H]2OC(C)=O)[C@H](OC(C)=O)[C@@H](OC(C)=O)[C@@H]1OC(C)=O. The first-order chi connectivity index (χ1) is 30.3. The zero-order valence-electron chi connectivity index (χ0n) is 38.3. The number of allylic oxidation sites excluding steroid dienone is 2. The van der Waals surface area contributed by atoms with Gasteiger partial charge in [0.1, 0.15) is 25.4 Å². The maximum Gasteiger partial charge on any atom is 0.303 e. The van der Waals surface area contributed by atoms with Crippen molar-refractivity contribution in [1.29, 1.82) is 0 Å². The van der Waals surface area contributed by atoms with Gasteiger partial charge in [0.25, 0.3) is 0 Å². The van der Waals surface area contributed by atoms with Crippen LogP contribution in [0.4, 0.5) is 0 Å². The molecule has 0 radical (unpaired) electrons. The van der Waals surface area contributed by atoms with Crippen LogP contribution in [-0.2, 0) is 90.5 Å². The van der Waals surface area contributed by atoms with E-state index in [0.717, 1.165) is 113 Å². The normalized spacial score (nSPS) is 25.9. The van der Waals surface area contributed by atoms with E-state index in [1.54, 1.807) is 6.92 Å². The Morgan fingerprint density at radius 3 is 1.33 bits per heavy atom. The highest BCUT2D eigenvalue weighted by Gasteiger charge is 2.58. The lowest BCUT2D eigenvalue weighted by molar-refractivity contribution is -0.372. The molecule has 11 atom stereocenters. The maximum atomic E-state index is 12.7. The lowest BCUT2D eigenvalue weighted by Crippen LogP contribution is -2.67. The summed E-state index contributed by atoms with van der Waals surface area (Å²) >= 11 is 0. The number of unbranched alkanes of at least 4 members (excludes halogenated alkanes) is 9. The van der Waals surface area contributed by atoms with Crippen molar-refractivity contribution in [3.8, 4) is 0 Å². The molecule has 64 heavy (non-hydrogen) atoms. The molecule has 2 aliphatic rings. The second-order valence-corrected chi connectivity index (χ2v) is 15.8. The van der Waals surface area contributed by atoms with Crippen molar-refractivity contribution in [2.45, 2.75) is 206 Å². The van der Waals surface area contributed by atoms with Gasteiger partial charge >= 0.3 is 47.8 Å². The van der Waals surface area contributed by atoms with E-state index in [0.29, 0.717) is 12.8 Å². The first kappa shape index (κ1) is 55.5. The summed E-state index contributed by atoms with van der Waals surface area (Å²) < 4.78 is 63.7. The molecule has 20 heteroatoms. The fourth-order valence-corrected chi connectivity index (χ4v) is 7.23. The predicted molar refractivity (Wildman–Crippen MR) is 221 cm³/mol. The molecular formula is C44H68O20. The highest BCUT2D eigenvalue weighted by atomic mass is 16.8. The number of carbonyl (C=O) groups excluding carboxylic acids is 7. The fraction of sp³-hybridized carbons (Fsp3) is 0.773. The fourth-order valence-electron chi connectivity index (χ4n) is 7.23. The molecule has 0 aromatic rings. The van der Waals surface area contributed by atoms with Crippen LogP contribution in [0.15, 0.2) is 12.2 Å². The van der Waals surface area contributed by atoms with Crippen LogP contribution in [0, 0.1) is 0 Å². The Bertz CT molecular complexity index is 1550. The number of esters is 7. The third kappa shape index (κ3) is 21.8. The van der Waals surface area contributed by atoms with Gasteiger partial charge in [0.2, 0.25) is 0 Å². The summed E-state index contributed by atoms with van der Waals surface area (Å²) in [5, 5.41) is 8.74. The monoisotopic (exact) mass is 916 g/mol. The molecule has 2 saturated heterocycles. The van der Waals surface area contributed by atoms with E-state index in [2.05, 4.69) is 12.2 Å². The molecule has 1 unspecified atom stereocenters. The molecule has 2 heterocycles. The number of ether oxygens (including phenoxy) is 11. The first-order valence-corrected chi connectivity index (χ1v) is 21.9. The molecule has 0 spiro atoms. The minimum atomic E-state index is -1.78. The summed E-state index contributed by atoms with van der Waals surface area (Å²) in [5.41, 5.74) is 0. The number of carbonyl (C=O) groups is 8. The van der Waals surface area contributed by atoms with E-state index in [-0.39, 0.29) is 6.42 Å². The van der Waals surface area contributed by atoms with Gasteiger partial charge in [-0.05, 0) is 45.4 Å². The standard InChI is InChI=1S/C44H68O20/c1-26(22-20-18-16-14-12-10-9-11-13-15-17-19-21-23-36(52)53)56-43-42(40(60-32(7)50)38(58-30(5)48)34(62-43)24-54-27(2)45)64-44-41(61-33(8)51)39(59-31(6)49)37(57-29(4)47)35(63-44)25-55-28(3)46/h9-10,26,34-35,37-44H,11-25H2,1-8H3,(H,52,53)/b10-9-/t26?,34-,35-,37-,38-,39+,40+,41-,42-,43-,44+/m1/s1. The van der Waals surface area contributed by atoms with Crippen LogP contribution in [0.5, 0.6) is 0 Å². The second-order valence-electron chi connectivity index (χ2n) is 15.8. The first-order valence-electron chi connectivity index (χ1n) is 21.9. The molecule has 0 aromatic carbocycles. The van der Waals surface area contributed by atoms with Crippen molar-refractivity contribution in [2.75, 3.05) is 13.2 Å². The van der Waals surface area contributed by atoms with Gasteiger partial charge in [0.05, 0.1) is 6.10 Å². The summed E-state index contributed by atoms with van der Waals surface area (Å²) in [5.74, 6) is -6.48. The molecule has 0 saturated carbocycles. The van der Waals surface area contributed by atoms with Crippen molar-refractivity contribution < 1.29 is 95.6 Å². The Hall–Kier alpha value is -4.66. The molecule has 0 amide bonds. The van der Waals surface area contributed by atoms with Crippen LogP contribution in [0.3, 0.4) is 0 Å². The molecule has 2 aliphatic heterocycles. The lowest BCUT2D eigenvalue weighted by Gasteiger charge is -2.49. The average Bonchev–Trinajstić information content (AvgIpc) is 3.18. The lowest BCUT2D eigenvalue weighted by atomic mass is 9.96. The highest BCUT2D eigenvalue weighted by molar-refractivity contribution is 5.69. The molecule has 0 aromatic heterocycles. The van der Waals surface area contributed by atoms with Gasteiger partial charge in [0, 0.05) is 54.9 Å². The van der Waals surface area contributed by atoms with Crippen molar-refractivity contribution in [3.05, 3.63) is 12.2 Å². The van der Waals surface area contributed by atoms with Gasteiger partial charge in [-0.2, -0.15) is 0 Å². The minimum absolute atomic E-state index is 0.219. The molecule has 0 aliphatic carbocycles. The Morgan fingerprint density at radius 2 is 0.875 bits per heavy atom. The van der Waals surface area contributed by atoms with Crippen LogP contribution < -0.4 is 0 Å². The van der Waals surface area contributed by atoms with E-state index in [4.69, 9.17) is 57.2 Å². The Balaban J connectivity index is 2.37. The summed E-state index contributed by atoms with van der Waals surface area (Å²) in [6, 6.07) is 0. The van der Waals surface area contributed by atoms with Gasteiger partial charge in [-0.3, -0.25) is 38.4 Å². The third-order valence-corrected chi connectivity index (χ3v) is 9.91. The Morgan fingerprint density at radius 1 is 0.484 bits per heavy atom. The Labute approximate surface area is 374 Å². The number of hydrogen-bond donors (Lipinski definition) is 1. The van der Waals surface area contributed by atoms with Crippen LogP contribution in [0.25, 0.3) is 0 Å². The maximum absolute atomic E-state index is 12.7. The number of carboxylic acids is 1. The van der Waals surface area contributed by atoms with Crippen LogP contribution >= 0.6 is 0 Å². The van der Waals surface area contributed by atoms with Crippen molar-refractivity contribution >= 4 is 47.8 Å². The van der Waals surface area contributed by atoms with E-state index in [1.807, 2.05) is 0 Å². The molecule has 2 rings (SSSR count). The zero-order chi connectivity index (χ0) is 47.8. The third-order valence-electron chi connectivity index (χ3n) is 9.91. The zero-order valence-corrected chi connectivity index (χ0v) is 38.3. The van der Waals surface area contributed by atoms with Crippen molar-refractivity contribution in [3.63, 3.8) is 0 Å². The molecule has 0 bridgehead atoms. The quantitative estimate of drug-likeness (QED) is 0.0482. The summed E-state index contributed by atoms with van der Waals surface area (Å²) in [6.07, 6.45) is -0.424. The number of aliphatic carboxylic acids is 1. The number of hydrogen-bond acceptors (Lipinski definition) is 19. The van der Waals surface area contributed by atoms with E-state index < -0.39 is 128 Å². The smallest absolute Gasteiger partial charge is 0.303 e. The molecule has 20 nitrogen and oxygen atoms in total. The van der Waals surface area contributed by atoms with Gasteiger partial charge in [-0.15, -0.1) is 0 Å². The van der Waals surface area contributed by atoms with Gasteiger partial charge in [-0.25, -0.2) is 0 Å². The summed E-state index contributed by atoms with van der Waals surface area (Å²) in [6.45, 7) is 8.42. The van der Waals surface area contributed by atoms with Crippen LogP contribution in [0.1, 0.15) is 139 Å². The van der Waals surface area contributed by atoms with Crippen molar-refractivity contribution in [2.24, 2.45) is 0 Å². The summed E-state index contributed by atoms with van der Waals surface area (Å²) in [4.78, 5) is 97.0. The topological polar surface area (TPSA) is 258 Å². The molecule has 1 N–H and O–H groups in total. The Kier molecular flexibility index (Phi) is 25.8. The second kappa shape index (κ2) is 29.7. The minimum Gasteiger partial charge on any atom is -0.481 e. The van der Waals surface area contributed by atoms with E-state index >= 15 is 0 Å². The van der Waals surface area contributed by atoms with Gasteiger partial charge in [0.15, 0.2) is 49.2 Å².